The van der Waals surface area contributed by atoms with E-state index < -0.39 is 0 Å². The average Bonchev–Trinajstić information content (AvgIpc) is 2.67. The van der Waals surface area contributed by atoms with Gasteiger partial charge in [-0.3, -0.25) is 4.98 Å². The molecule has 0 amide bonds. The lowest BCUT2D eigenvalue weighted by Gasteiger charge is -2.19. The molecule has 0 saturated carbocycles. The van der Waals surface area contributed by atoms with Crippen molar-refractivity contribution in [1.29, 1.82) is 0 Å². The first-order valence-corrected chi connectivity index (χ1v) is 5.39. The Morgan fingerprint density at radius 2 is 2.07 bits per heavy atom. The molecule has 15 heavy (non-hydrogen) atoms. The van der Waals surface area contributed by atoms with Crippen LogP contribution in [0.5, 0.6) is 0 Å². The maximum Gasteiger partial charge on any atom is 0.0346 e. The zero-order valence-corrected chi connectivity index (χ0v) is 9.62. The Labute approximate surface area is 91.6 Å². The highest BCUT2D eigenvalue weighted by Crippen LogP contribution is 2.36. The normalized spacial score (nSPS) is 16.2. The maximum absolute atomic E-state index is 4.15. The van der Waals surface area contributed by atoms with Crippen molar-refractivity contribution in [2.45, 2.75) is 27.2 Å². The summed E-state index contributed by atoms with van der Waals surface area (Å²) in [6, 6.07) is 4.10. The molecule has 1 aromatic heterocycles. The molecule has 2 rings (SSSR count). The van der Waals surface area contributed by atoms with Crippen molar-refractivity contribution in [2.75, 3.05) is 0 Å². The summed E-state index contributed by atoms with van der Waals surface area (Å²) in [5.41, 5.74) is 4.31. The Hall–Kier alpha value is -1.37. The Bertz CT molecular complexity index is 405. The minimum Gasteiger partial charge on any atom is -0.264 e. The van der Waals surface area contributed by atoms with E-state index in [1.807, 2.05) is 18.5 Å². The minimum atomic E-state index is 0.278. The van der Waals surface area contributed by atoms with Gasteiger partial charge in [-0.2, -0.15) is 0 Å². The quantitative estimate of drug-likeness (QED) is 0.669. The molecule has 1 heteroatoms. The highest BCUT2D eigenvalue weighted by atomic mass is 14.6. The molecule has 78 valence electrons. The highest BCUT2D eigenvalue weighted by molar-refractivity contribution is 5.77. The summed E-state index contributed by atoms with van der Waals surface area (Å²) in [5.74, 6) is 0. The van der Waals surface area contributed by atoms with Crippen molar-refractivity contribution in [3.8, 4) is 0 Å². The van der Waals surface area contributed by atoms with Crippen molar-refractivity contribution < 1.29 is 0 Å². The molecule has 1 aromatic rings. The summed E-state index contributed by atoms with van der Waals surface area (Å²) >= 11 is 0. The van der Waals surface area contributed by atoms with Crippen LogP contribution in [0.3, 0.4) is 0 Å². The highest BCUT2D eigenvalue weighted by Gasteiger charge is 2.20. The smallest absolute Gasteiger partial charge is 0.0346 e. The molecular formula is C14H17N. The molecule has 0 radical (unpaired) electrons. The number of aromatic nitrogens is 1. The van der Waals surface area contributed by atoms with E-state index in [-0.39, 0.29) is 5.41 Å². The van der Waals surface area contributed by atoms with Gasteiger partial charge in [0.25, 0.3) is 0 Å². The topological polar surface area (TPSA) is 12.9 Å². The molecular weight excluding hydrogens is 182 g/mol. The third-order valence-corrected chi connectivity index (χ3v) is 2.83. The van der Waals surface area contributed by atoms with Crippen LogP contribution in [0.15, 0.2) is 42.3 Å². The van der Waals surface area contributed by atoms with Crippen LogP contribution in [0.2, 0.25) is 0 Å². The number of nitrogens with zero attached hydrogens (tertiary/aromatic N) is 1. The molecule has 1 aliphatic carbocycles. The van der Waals surface area contributed by atoms with Crippen molar-refractivity contribution in [3.05, 3.63) is 47.8 Å². The van der Waals surface area contributed by atoms with E-state index in [1.54, 1.807) is 0 Å². The second-order valence-electron chi connectivity index (χ2n) is 5.02. The molecule has 0 saturated heterocycles. The summed E-state index contributed by atoms with van der Waals surface area (Å²) < 4.78 is 0. The molecule has 1 heterocycles. The van der Waals surface area contributed by atoms with Crippen LogP contribution in [0, 0.1) is 5.41 Å². The van der Waals surface area contributed by atoms with Gasteiger partial charge in [-0.05, 0) is 29.0 Å². The van der Waals surface area contributed by atoms with Crippen LogP contribution < -0.4 is 0 Å². The van der Waals surface area contributed by atoms with E-state index >= 15 is 0 Å². The summed E-state index contributed by atoms with van der Waals surface area (Å²) in [4.78, 5) is 4.15. The zero-order valence-electron chi connectivity index (χ0n) is 9.62. The van der Waals surface area contributed by atoms with Crippen LogP contribution in [0.25, 0.3) is 5.57 Å². The molecule has 0 aromatic carbocycles. The molecule has 0 spiro atoms. The van der Waals surface area contributed by atoms with Crippen LogP contribution >= 0.6 is 0 Å². The lowest BCUT2D eigenvalue weighted by molar-refractivity contribution is 0.496. The maximum atomic E-state index is 4.15. The predicted molar refractivity (Wildman–Crippen MR) is 64.4 cm³/mol. The predicted octanol–water partition coefficient (Wildman–Crippen LogP) is 3.84. The molecule has 0 fully saturated rings. The standard InChI is InChI=1S/C14H17N/c1-14(2,3)13-7-6-11(9-13)12-5-4-8-15-10-12/h4-6,8-10H,7H2,1-3H3. The van der Waals surface area contributed by atoms with Gasteiger partial charge in [-0.15, -0.1) is 0 Å². The fourth-order valence-electron chi connectivity index (χ4n) is 1.78. The Balaban J connectivity index is 2.26. The number of hydrogen-bond acceptors (Lipinski definition) is 1. The molecule has 0 bridgehead atoms. The van der Waals surface area contributed by atoms with Gasteiger partial charge in [0.05, 0.1) is 0 Å². The Morgan fingerprint density at radius 1 is 1.27 bits per heavy atom. The van der Waals surface area contributed by atoms with Gasteiger partial charge >= 0.3 is 0 Å². The van der Waals surface area contributed by atoms with Crippen LogP contribution in [0.4, 0.5) is 0 Å². The SMILES string of the molecule is CC(C)(C)C1=CC(c2cccnc2)=CC1. The summed E-state index contributed by atoms with van der Waals surface area (Å²) in [6.45, 7) is 6.79. The number of rotatable bonds is 1. The minimum absolute atomic E-state index is 0.278. The molecule has 0 N–H and O–H groups in total. The summed E-state index contributed by atoms with van der Waals surface area (Å²) in [6.07, 6.45) is 9.41. The number of hydrogen-bond donors (Lipinski definition) is 0. The lowest BCUT2D eigenvalue weighted by Crippen LogP contribution is -2.07. The first-order valence-electron chi connectivity index (χ1n) is 5.39. The van der Waals surface area contributed by atoms with Gasteiger partial charge in [0, 0.05) is 12.4 Å². The first kappa shape index (κ1) is 10.2. The summed E-state index contributed by atoms with van der Waals surface area (Å²) in [5, 5.41) is 0. The third-order valence-electron chi connectivity index (χ3n) is 2.83. The van der Waals surface area contributed by atoms with Gasteiger partial charge in [0.1, 0.15) is 0 Å². The molecule has 0 aliphatic heterocycles. The van der Waals surface area contributed by atoms with Crippen molar-refractivity contribution in [2.24, 2.45) is 5.41 Å². The number of allylic oxidation sites excluding steroid dienone is 4. The van der Waals surface area contributed by atoms with Crippen LogP contribution in [0.1, 0.15) is 32.8 Å². The van der Waals surface area contributed by atoms with Gasteiger partial charge < -0.3 is 0 Å². The molecule has 0 atom stereocenters. The van der Waals surface area contributed by atoms with E-state index in [1.165, 1.54) is 16.7 Å². The van der Waals surface area contributed by atoms with Crippen LogP contribution in [-0.2, 0) is 0 Å². The van der Waals surface area contributed by atoms with Crippen LogP contribution in [-0.4, -0.2) is 4.98 Å². The monoisotopic (exact) mass is 199 g/mol. The molecule has 1 aliphatic rings. The fourth-order valence-corrected chi connectivity index (χ4v) is 1.78. The Morgan fingerprint density at radius 3 is 2.60 bits per heavy atom. The van der Waals surface area contributed by atoms with Gasteiger partial charge in [0.15, 0.2) is 0 Å². The van der Waals surface area contributed by atoms with Gasteiger partial charge in [-0.1, -0.05) is 44.6 Å². The molecule has 1 nitrogen and oxygen atoms in total. The first-order chi connectivity index (χ1) is 7.07. The average molecular weight is 199 g/mol. The zero-order chi connectivity index (χ0) is 10.9. The fraction of sp³-hybridized carbons (Fsp3) is 0.357. The lowest BCUT2D eigenvalue weighted by atomic mass is 9.86. The van der Waals surface area contributed by atoms with Crippen molar-refractivity contribution in [1.82, 2.24) is 4.98 Å². The van der Waals surface area contributed by atoms with Crippen molar-refractivity contribution in [3.63, 3.8) is 0 Å². The number of pyridine rings is 1. The second-order valence-corrected chi connectivity index (χ2v) is 5.02. The summed E-state index contributed by atoms with van der Waals surface area (Å²) in [7, 11) is 0. The largest absolute Gasteiger partial charge is 0.264 e. The third kappa shape index (κ3) is 2.17. The Kier molecular flexibility index (Phi) is 2.47. The van der Waals surface area contributed by atoms with E-state index in [0.717, 1.165) is 6.42 Å². The van der Waals surface area contributed by atoms with Gasteiger partial charge in [-0.25, -0.2) is 0 Å². The van der Waals surface area contributed by atoms with E-state index in [9.17, 15) is 0 Å². The van der Waals surface area contributed by atoms with Gasteiger partial charge in [0.2, 0.25) is 0 Å². The molecule has 0 unspecified atom stereocenters. The van der Waals surface area contributed by atoms with E-state index in [4.69, 9.17) is 0 Å². The van der Waals surface area contributed by atoms with Crippen molar-refractivity contribution >= 4 is 5.57 Å². The second kappa shape index (κ2) is 3.65. The van der Waals surface area contributed by atoms with E-state index in [2.05, 4.69) is 44.0 Å². The van der Waals surface area contributed by atoms with E-state index in [0.29, 0.717) is 0 Å².